The monoisotopic (exact) mass is 490 g/mol. The summed E-state index contributed by atoms with van der Waals surface area (Å²) < 4.78 is 0. The van der Waals surface area contributed by atoms with Gasteiger partial charge in [-0.05, 0) is 36.4 Å². The van der Waals surface area contributed by atoms with Crippen molar-refractivity contribution in [2.75, 3.05) is 0 Å². The summed E-state index contributed by atoms with van der Waals surface area (Å²) in [4.78, 5) is 2.72. The Morgan fingerprint density at radius 3 is 1.41 bits per heavy atom. The zero-order valence-electron chi connectivity index (χ0n) is 20.2. The Hall–Kier alpha value is -5.24. The Morgan fingerprint density at radius 1 is 0.622 bits per heavy atom. The van der Waals surface area contributed by atoms with Gasteiger partial charge in [-0.2, -0.15) is 0 Å². The van der Waals surface area contributed by atoms with Gasteiger partial charge in [0.05, 0.1) is 0 Å². The first kappa shape index (κ1) is 24.9. The molecule has 0 unspecified atom stereocenters. The van der Waals surface area contributed by atoms with Crippen molar-refractivity contribution in [3.8, 4) is 22.9 Å². The van der Waals surface area contributed by atoms with Crippen LogP contribution in [0.1, 0.15) is 33.9 Å². The largest absolute Gasteiger partial charge is 0.505 e. The number of benzene rings is 2. The molecule has 184 valence electrons. The molecule has 0 aliphatic rings. The van der Waals surface area contributed by atoms with Crippen molar-refractivity contribution in [2.45, 2.75) is 6.42 Å². The van der Waals surface area contributed by atoms with Crippen LogP contribution in [0.15, 0.2) is 87.0 Å². The molecular weight excluding hydrogens is 464 g/mol. The minimum Gasteiger partial charge on any atom is -0.505 e. The number of aromatic nitrogens is 6. The number of allylic oxidation sites excluding steroid dienone is 4. The van der Waals surface area contributed by atoms with Gasteiger partial charge in [-0.1, -0.05) is 74.9 Å². The summed E-state index contributed by atoms with van der Waals surface area (Å²) in [6.07, 6.45) is 13.7. The van der Waals surface area contributed by atoms with Gasteiger partial charge in [-0.25, -0.2) is 0 Å². The molecule has 2 heterocycles. The number of phenolic OH excluding ortho intramolecular Hbond substituents is 2. The maximum Gasteiger partial charge on any atom is 0.146 e. The molecule has 0 aliphatic heterocycles. The Bertz CT molecular complexity index is 1440. The number of rotatable bonds is 10. The molecule has 0 saturated heterocycles. The molecule has 2 aromatic carbocycles. The van der Waals surface area contributed by atoms with E-state index in [2.05, 4.69) is 46.7 Å². The number of nitrogens with zero attached hydrogens (tertiary/aromatic N) is 6. The van der Waals surface area contributed by atoms with E-state index in [0.717, 1.165) is 0 Å². The van der Waals surface area contributed by atoms with Crippen LogP contribution in [0.4, 0.5) is 0 Å². The Labute approximate surface area is 214 Å². The van der Waals surface area contributed by atoms with E-state index in [1.165, 1.54) is 9.59 Å². The number of para-hydroxylation sites is 2. The lowest BCUT2D eigenvalue weighted by Gasteiger charge is -2.12. The van der Waals surface area contributed by atoms with Gasteiger partial charge >= 0.3 is 0 Å². The highest BCUT2D eigenvalue weighted by atomic mass is 16.3. The summed E-state index contributed by atoms with van der Waals surface area (Å²) in [5.41, 5.74) is 4.30. The summed E-state index contributed by atoms with van der Waals surface area (Å²) in [7, 11) is 0. The molecule has 0 spiro atoms. The first-order valence-electron chi connectivity index (χ1n) is 11.4. The van der Waals surface area contributed by atoms with E-state index in [9.17, 15) is 10.2 Å². The van der Waals surface area contributed by atoms with Crippen LogP contribution in [0.5, 0.6) is 11.5 Å². The van der Waals surface area contributed by atoms with Gasteiger partial charge in [0.25, 0.3) is 0 Å². The fourth-order valence-corrected chi connectivity index (χ4v) is 3.69. The minimum absolute atomic E-state index is 0.000159. The van der Waals surface area contributed by atoms with Crippen molar-refractivity contribution in [3.63, 3.8) is 0 Å². The zero-order valence-corrected chi connectivity index (χ0v) is 20.2. The lowest BCUT2D eigenvalue weighted by Crippen LogP contribution is -2.03. The molecule has 4 aromatic rings. The smallest absolute Gasteiger partial charge is 0.146 e. The van der Waals surface area contributed by atoms with Gasteiger partial charge in [-0.3, -0.25) is 0 Å². The summed E-state index contributed by atoms with van der Waals surface area (Å²) in [5.74, 6) is 0.000318. The SMILES string of the molecule is C=C/C=C\c1nn(-c2cccc(Cc3cccc(-n4nc(C=C)c(/C=C\C=C)n4)c3O)c2O)nc1C=C. The van der Waals surface area contributed by atoms with Crippen LogP contribution in [0, 0.1) is 0 Å². The van der Waals surface area contributed by atoms with Gasteiger partial charge < -0.3 is 10.2 Å². The van der Waals surface area contributed by atoms with Crippen LogP contribution >= 0.6 is 0 Å². The first-order valence-corrected chi connectivity index (χ1v) is 11.4. The molecule has 0 bridgehead atoms. The quantitative estimate of drug-likeness (QED) is 0.283. The molecule has 37 heavy (non-hydrogen) atoms. The molecule has 2 N–H and O–H groups in total. The predicted octanol–water partition coefficient (Wildman–Crippen LogP) is 5.53. The van der Waals surface area contributed by atoms with Crippen molar-refractivity contribution in [1.82, 2.24) is 30.0 Å². The molecule has 0 amide bonds. The molecule has 8 nitrogen and oxygen atoms in total. The van der Waals surface area contributed by atoms with E-state index in [1.54, 1.807) is 85.0 Å². The van der Waals surface area contributed by atoms with E-state index < -0.39 is 0 Å². The van der Waals surface area contributed by atoms with E-state index in [4.69, 9.17) is 0 Å². The normalized spacial score (nSPS) is 11.2. The molecule has 2 aromatic heterocycles. The Balaban J connectivity index is 1.70. The number of aromatic hydroxyl groups is 2. The molecular formula is C29H26N6O2. The molecule has 0 saturated carbocycles. The van der Waals surface area contributed by atoms with Crippen LogP contribution in [-0.2, 0) is 6.42 Å². The molecule has 0 fully saturated rings. The second-order valence-electron chi connectivity index (χ2n) is 7.86. The van der Waals surface area contributed by atoms with Gasteiger partial charge in [0, 0.05) is 17.5 Å². The van der Waals surface area contributed by atoms with Crippen LogP contribution in [0.2, 0.25) is 0 Å². The molecule has 0 aliphatic carbocycles. The van der Waals surface area contributed by atoms with Gasteiger partial charge in [0.1, 0.15) is 45.6 Å². The van der Waals surface area contributed by atoms with E-state index in [0.29, 0.717) is 45.3 Å². The average Bonchev–Trinajstić information content (AvgIpc) is 3.52. The van der Waals surface area contributed by atoms with Crippen molar-refractivity contribution < 1.29 is 10.2 Å². The molecule has 0 radical (unpaired) electrons. The van der Waals surface area contributed by atoms with E-state index in [1.807, 2.05) is 0 Å². The third kappa shape index (κ3) is 5.08. The predicted molar refractivity (Wildman–Crippen MR) is 147 cm³/mol. The number of phenols is 2. The second kappa shape index (κ2) is 11.0. The number of hydrogen-bond donors (Lipinski definition) is 2. The number of hydrogen-bond acceptors (Lipinski definition) is 6. The Kier molecular flexibility index (Phi) is 7.40. The molecule has 0 atom stereocenters. The van der Waals surface area contributed by atoms with Crippen molar-refractivity contribution in [3.05, 3.63) is 121 Å². The first-order chi connectivity index (χ1) is 18.0. The fourth-order valence-electron chi connectivity index (χ4n) is 3.69. The third-order valence-corrected chi connectivity index (χ3v) is 5.51. The summed E-state index contributed by atoms with van der Waals surface area (Å²) in [6.45, 7) is 14.9. The topological polar surface area (TPSA) is 102 Å². The zero-order chi connectivity index (χ0) is 26.4. The van der Waals surface area contributed by atoms with E-state index >= 15 is 0 Å². The highest BCUT2D eigenvalue weighted by Crippen LogP contribution is 2.32. The van der Waals surface area contributed by atoms with Crippen LogP contribution < -0.4 is 0 Å². The van der Waals surface area contributed by atoms with Crippen LogP contribution in [0.25, 0.3) is 35.7 Å². The van der Waals surface area contributed by atoms with Crippen molar-refractivity contribution in [1.29, 1.82) is 0 Å². The lowest BCUT2D eigenvalue weighted by molar-refractivity contribution is 0.455. The van der Waals surface area contributed by atoms with E-state index in [-0.39, 0.29) is 17.9 Å². The second-order valence-corrected chi connectivity index (χ2v) is 7.86. The molecule has 8 heteroatoms. The highest BCUT2D eigenvalue weighted by molar-refractivity contribution is 5.62. The van der Waals surface area contributed by atoms with Gasteiger partial charge in [0.15, 0.2) is 0 Å². The Morgan fingerprint density at radius 2 is 1.03 bits per heavy atom. The maximum atomic E-state index is 11.1. The summed E-state index contributed by atoms with van der Waals surface area (Å²) in [6, 6.07) is 10.6. The highest BCUT2D eigenvalue weighted by Gasteiger charge is 2.17. The fraction of sp³-hybridized carbons (Fsp3) is 0.0345. The van der Waals surface area contributed by atoms with Crippen molar-refractivity contribution >= 4 is 24.3 Å². The third-order valence-electron chi connectivity index (χ3n) is 5.51. The van der Waals surface area contributed by atoms with Crippen LogP contribution in [0.3, 0.4) is 0 Å². The average molecular weight is 491 g/mol. The summed E-state index contributed by atoms with van der Waals surface area (Å²) in [5, 5.41) is 39.9. The van der Waals surface area contributed by atoms with Gasteiger partial charge in [-0.15, -0.1) is 30.0 Å². The van der Waals surface area contributed by atoms with Gasteiger partial charge in [0.2, 0.25) is 0 Å². The minimum atomic E-state index is 0.000159. The standard InChI is InChI=1S/C29H26N6O2/c1-5-9-15-24-22(7-3)30-34(32-24)26-17-11-13-20(28(26)36)19-21-14-12-18-27(29(21)37)35-31-23(8-4)25(33-35)16-10-6-2/h5-18,36-37H,1-4,19H2/b15-9-,16-10-. The summed E-state index contributed by atoms with van der Waals surface area (Å²) >= 11 is 0. The lowest BCUT2D eigenvalue weighted by atomic mass is 10.0. The van der Waals surface area contributed by atoms with Crippen molar-refractivity contribution in [2.24, 2.45) is 0 Å². The molecule has 4 rings (SSSR count). The van der Waals surface area contributed by atoms with Crippen LogP contribution in [-0.4, -0.2) is 40.2 Å². The maximum absolute atomic E-state index is 11.1.